The molecule has 0 spiro atoms. The van der Waals surface area contributed by atoms with Crippen molar-refractivity contribution in [3.05, 3.63) is 64.8 Å². The number of aliphatic carboxylic acids is 1. The van der Waals surface area contributed by atoms with E-state index in [2.05, 4.69) is 4.99 Å². The number of hydrogen-bond acceptors (Lipinski definition) is 5. The number of likely N-dealkylation sites (N-methyl/N-ethyl adjacent to an activating group) is 1. The number of carboxylic acid groups (broad SMARTS) is 1. The number of carbonyl (C=O) groups is 2. The van der Waals surface area contributed by atoms with Crippen LogP contribution in [0.4, 0.5) is 10.1 Å². The number of carboxylic acids is 1. The number of carbonyl (C=O) groups excluding carboxylic acids is 1. The third-order valence-corrected chi connectivity index (χ3v) is 4.67. The Bertz CT molecular complexity index is 941. The third kappa shape index (κ3) is 4.53. The van der Waals surface area contributed by atoms with E-state index in [-0.39, 0.29) is 11.6 Å². The van der Waals surface area contributed by atoms with Gasteiger partial charge in [-0.15, -0.1) is 0 Å². The molecule has 27 heavy (non-hydrogen) atoms. The van der Waals surface area contributed by atoms with Crippen LogP contribution >= 0.6 is 11.8 Å². The quantitative estimate of drug-likeness (QED) is 0.796. The van der Waals surface area contributed by atoms with E-state index in [9.17, 15) is 14.0 Å². The molecule has 1 saturated heterocycles. The van der Waals surface area contributed by atoms with E-state index in [0.29, 0.717) is 15.8 Å². The van der Waals surface area contributed by atoms with Gasteiger partial charge in [0.25, 0.3) is 5.91 Å². The van der Waals surface area contributed by atoms with Crippen LogP contribution in [-0.2, 0) is 9.59 Å². The van der Waals surface area contributed by atoms with Crippen LogP contribution in [0.25, 0.3) is 6.08 Å². The number of aliphatic imine (C=N–C) groups is 1. The van der Waals surface area contributed by atoms with Crippen LogP contribution in [0.1, 0.15) is 5.56 Å². The largest absolute Gasteiger partial charge is 0.482 e. The Hall–Kier alpha value is -3.13. The van der Waals surface area contributed by atoms with Crippen LogP contribution in [0.3, 0.4) is 0 Å². The van der Waals surface area contributed by atoms with Gasteiger partial charge in [-0.05, 0) is 47.7 Å². The van der Waals surface area contributed by atoms with Gasteiger partial charge in [-0.25, -0.2) is 14.2 Å². The molecule has 1 amide bonds. The first-order chi connectivity index (χ1) is 12.9. The predicted octanol–water partition coefficient (Wildman–Crippen LogP) is 3.52. The van der Waals surface area contributed by atoms with Gasteiger partial charge in [-0.1, -0.05) is 24.3 Å². The number of nitrogens with zero attached hydrogens (tertiary/aromatic N) is 2. The fourth-order valence-electron chi connectivity index (χ4n) is 2.25. The zero-order valence-electron chi connectivity index (χ0n) is 14.3. The van der Waals surface area contributed by atoms with Gasteiger partial charge in [0.2, 0.25) is 0 Å². The summed E-state index contributed by atoms with van der Waals surface area (Å²) in [4.78, 5) is 29.0. The second-order valence-corrected chi connectivity index (χ2v) is 6.58. The Morgan fingerprint density at radius 3 is 2.63 bits per heavy atom. The molecule has 0 bridgehead atoms. The Balaban J connectivity index is 1.78. The van der Waals surface area contributed by atoms with Crippen LogP contribution in [0.2, 0.25) is 0 Å². The number of amides is 1. The minimum absolute atomic E-state index is 0.167. The highest BCUT2D eigenvalue weighted by molar-refractivity contribution is 8.18. The van der Waals surface area contributed by atoms with Gasteiger partial charge in [0, 0.05) is 7.05 Å². The summed E-state index contributed by atoms with van der Waals surface area (Å²) in [5.41, 5.74) is 0.912. The molecule has 1 aliphatic heterocycles. The van der Waals surface area contributed by atoms with Gasteiger partial charge in [0.15, 0.2) is 11.8 Å². The average Bonchev–Trinajstić information content (AvgIpc) is 2.91. The third-order valence-electron chi connectivity index (χ3n) is 3.61. The van der Waals surface area contributed by atoms with E-state index < -0.39 is 18.4 Å². The summed E-state index contributed by atoms with van der Waals surface area (Å²) in [5.74, 6) is -1.33. The molecule has 0 radical (unpaired) electrons. The normalized spacial score (nSPS) is 17.0. The molecule has 8 heteroatoms. The Kier molecular flexibility index (Phi) is 5.56. The summed E-state index contributed by atoms with van der Waals surface area (Å²) in [6.45, 7) is -0.421. The van der Waals surface area contributed by atoms with Crippen LogP contribution in [0.15, 0.2) is 58.4 Å². The van der Waals surface area contributed by atoms with Crippen molar-refractivity contribution in [2.45, 2.75) is 0 Å². The summed E-state index contributed by atoms with van der Waals surface area (Å²) >= 11 is 1.16. The number of rotatable bonds is 5. The fourth-order valence-corrected chi connectivity index (χ4v) is 3.23. The Morgan fingerprint density at radius 2 is 1.96 bits per heavy atom. The molecule has 0 saturated carbocycles. The first-order valence-electron chi connectivity index (χ1n) is 7.89. The van der Waals surface area contributed by atoms with Gasteiger partial charge in [0.05, 0.1) is 4.91 Å². The van der Waals surface area contributed by atoms with E-state index in [1.54, 1.807) is 55.6 Å². The maximum atomic E-state index is 13.8. The molecule has 1 heterocycles. The molecule has 1 fully saturated rings. The van der Waals surface area contributed by atoms with Gasteiger partial charge in [0.1, 0.15) is 17.3 Å². The lowest BCUT2D eigenvalue weighted by atomic mass is 10.2. The molecular formula is C19H15FN2O4S. The maximum Gasteiger partial charge on any atom is 0.341 e. The molecule has 0 aromatic heterocycles. The van der Waals surface area contributed by atoms with E-state index in [1.807, 2.05) is 0 Å². The lowest BCUT2D eigenvalue weighted by molar-refractivity contribution is -0.139. The second-order valence-electron chi connectivity index (χ2n) is 5.57. The molecule has 1 N–H and O–H groups in total. The Morgan fingerprint density at radius 1 is 1.26 bits per heavy atom. The van der Waals surface area contributed by atoms with Crippen molar-refractivity contribution in [2.75, 3.05) is 13.7 Å². The minimum Gasteiger partial charge on any atom is -0.482 e. The summed E-state index contributed by atoms with van der Waals surface area (Å²) in [6.07, 6.45) is 1.69. The molecule has 0 aliphatic carbocycles. The van der Waals surface area contributed by atoms with Crippen LogP contribution in [0, 0.1) is 5.82 Å². The molecule has 138 valence electrons. The smallest absolute Gasteiger partial charge is 0.341 e. The lowest BCUT2D eigenvalue weighted by Crippen LogP contribution is -2.23. The highest BCUT2D eigenvalue weighted by Gasteiger charge is 2.30. The summed E-state index contributed by atoms with van der Waals surface area (Å²) in [5, 5.41) is 8.99. The SMILES string of the molecule is CN1C(=O)/C(=C\c2ccc(OCC(=O)O)cc2)SC1=Nc1ccccc1F. The summed E-state index contributed by atoms with van der Waals surface area (Å²) < 4.78 is 18.8. The van der Waals surface area contributed by atoms with Crippen molar-refractivity contribution < 1.29 is 23.8 Å². The monoisotopic (exact) mass is 386 g/mol. The minimum atomic E-state index is -1.06. The van der Waals surface area contributed by atoms with Crippen molar-refractivity contribution in [1.29, 1.82) is 0 Å². The number of benzene rings is 2. The van der Waals surface area contributed by atoms with Gasteiger partial charge in [-0.2, -0.15) is 0 Å². The number of thioether (sulfide) groups is 1. The topological polar surface area (TPSA) is 79.2 Å². The van der Waals surface area contributed by atoms with Crippen molar-refractivity contribution in [3.8, 4) is 5.75 Å². The fraction of sp³-hybridized carbons (Fsp3) is 0.105. The van der Waals surface area contributed by atoms with E-state index in [0.717, 1.165) is 17.3 Å². The Labute approximate surface area is 159 Å². The summed E-state index contributed by atoms with van der Waals surface area (Å²) in [6, 6.07) is 12.8. The summed E-state index contributed by atoms with van der Waals surface area (Å²) in [7, 11) is 1.58. The zero-order valence-corrected chi connectivity index (χ0v) is 15.1. The van der Waals surface area contributed by atoms with Gasteiger partial charge >= 0.3 is 5.97 Å². The van der Waals surface area contributed by atoms with E-state index >= 15 is 0 Å². The first-order valence-corrected chi connectivity index (χ1v) is 8.71. The highest BCUT2D eigenvalue weighted by atomic mass is 32.2. The van der Waals surface area contributed by atoms with Crippen molar-refractivity contribution in [3.63, 3.8) is 0 Å². The zero-order chi connectivity index (χ0) is 19.4. The van der Waals surface area contributed by atoms with Gasteiger partial charge in [-0.3, -0.25) is 9.69 Å². The molecule has 2 aromatic rings. The molecular weight excluding hydrogens is 371 g/mol. The highest BCUT2D eigenvalue weighted by Crippen LogP contribution is 2.33. The number of amidine groups is 1. The van der Waals surface area contributed by atoms with Gasteiger partial charge < -0.3 is 9.84 Å². The van der Waals surface area contributed by atoms with E-state index in [4.69, 9.17) is 9.84 Å². The van der Waals surface area contributed by atoms with Crippen LogP contribution in [-0.4, -0.2) is 40.7 Å². The maximum absolute atomic E-state index is 13.8. The standard InChI is InChI=1S/C19H15FN2O4S/c1-22-18(25)16(27-19(22)21-15-5-3-2-4-14(15)20)10-12-6-8-13(9-7-12)26-11-17(23)24/h2-10H,11H2,1H3,(H,23,24)/b16-10+,21-19?. The molecule has 6 nitrogen and oxygen atoms in total. The lowest BCUT2D eigenvalue weighted by Gasteiger charge is -2.07. The van der Waals surface area contributed by atoms with Crippen LogP contribution in [0.5, 0.6) is 5.75 Å². The molecule has 2 aromatic carbocycles. The van der Waals surface area contributed by atoms with Crippen molar-refractivity contribution in [2.24, 2.45) is 4.99 Å². The average molecular weight is 386 g/mol. The van der Waals surface area contributed by atoms with Crippen molar-refractivity contribution in [1.82, 2.24) is 4.90 Å². The predicted molar refractivity (Wildman–Crippen MR) is 101 cm³/mol. The van der Waals surface area contributed by atoms with E-state index in [1.165, 1.54) is 11.0 Å². The molecule has 1 aliphatic rings. The first kappa shape index (κ1) is 18.7. The molecule has 0 atom stereocenters. The molecule has 0 unspecified atom stereocenters. The second kappa shape index (κ2) is 8.05. The number of para-hydroxylation sites is 1. The number of ether oxygens (including phenoxy) is 1. The van der Waals surface area contributed by atoms with Crippen LogP contribution < -0.4 is 4.74 Å². The molecule has 3 rings (SSSR count). The number of hydrogen-bond donors (Lipinski definition) is 1. The number of halogens is 1. The van der Waals surface area contributed by atoms with Crippen molar-refractivity contribution >= 4 is 40.6 Å².